The maximum atomic E-state index is 11.5. The lowest BCUT2D eigenvalue weighted by atomic mass is 9.84. The minimum Gasteiger partial charge on any atom is -0.380 e. The van der Waals surface area contributed by atoms with Gasteiger partial charge < -0.3 is 15.5 Å². The van der Waals surface area contributed by atoms with Crippen molar-refractivity contribution in [2.24, 2.45) is 5.92 Å². The fraction of sp³-hybridized carbons (Fsp3) is 0.588. The average Bonchev–Trinajstić information content (AvgIpc) is 2.51. The SMILES string of the molecule is CCC(=O)Nc1ccc(C)c(NC2CN3CCC2CC3)c1. The number of anilines is 2. The van der Waals surface area contributed by atoms with Gasteiger partial charge in [-0.25, -0.2) is 0 Å². The molecule has 1 aromatic carbocycles. The molecule has 3 heterocycles. The number of fused-ring (bicyclic) bond motifs is 3. The van der Waals surface area contributed by atoms with Gasteiger partial charge in [-0.3, -0.25) is 4.79 Å². The predicted octanol–water partition coefficient (Wildman–Crippen LogP) is 2.85. The molecule has 0 aliphatic carbocycles. The molecule has 1 atom stereocenters. The Morgan fingerprint density at radius 1 is 1.33 bits per heavy atom. The van der Waals surface area contributed by atoms with E-state index in [-0.39, 0.29) is 5.91 Å². The van der Waals surface area contributed by atoms with Gasteiger partial charge in [0.05, 0.1) is 0 Å². The Balaban J connectivity index is 1.72. The Kier molecular flexibility index (Phi) is 4.15. The summed E-state index contributed by atoms with van der Waals surface area (Å²) < 4.78 is 0. The van der Waals surface area contributed by atoms with E-state index in [0.717, 1.165) is 23.8 Å². The van der Waals surface area contributed by atoms with Crippen LogP contribution in [0.25, 0.3) is 0 Å². The van der Waals surface area contributed by atoms with Crippen LogP contribution >= 0.6 is 0 Å². The lowest BCUT2D eigenvalue weighted by Gasteiger charge is -2.45. The summed E-state index contributed by atoms with van der Waals surface area (Å²) in [6.45, 7) is 7.66. The third-order valence-electron chi connectivity index (χ3n) is 4.84. The van der Waals surface area contributed by atoms with Crippen LogP contribution in [0.1, 0.15) is 31.7 Å². The van der Waals surface area contributed by atoms with Crippen LogP contribution in [-0.4, -0.2) is 36.5 Å². The minimum atomic E-state index is 0.0626. The molecule has 0 spiro atoms. The maximum absolute atomic E-state index is 11.5. The van der Waals surface area contributed by atoms with Crippen LogP contribution in [0.5, 0.6) is 0 Å². The summed E-state index contributed by atoms with van der Waals surface area (Å²) in [6, 6.07) is 6.67. The first-order valence-electron chi connectivity index (χ1n) is 8.05. The molecule has 0 radical (unpaired) electrons. The van der Waals surface area contributed by atoms with E-state index in [0.29, 0.717) is 12.5 Å². The molecule has 3 aliphatic heterocycles. The van der Waals surface area contributed by atoms with Gasteiger partial charge in [0, 0.05) is 30.4 Å². The highest BCUT2D eigenvalue weighted by Gasteiger charge is 2.34. The largest absolute Gasteiger partial charge is 0.380 e. The van der Waals surface area contributed by atoms with Crippen molar-refractivity contribution in [3.8, 4) is 0 Å². The number of aryl methyl sites for hydroxylation is 1. The summed E-state index contributed by atoms with van der Waals surface area (Å²) >= 11 is 0. The second-order valence-corrected chi connectivity index (χ2v) is 6.32. The molecule has 4 heteroatoms. The smallest absolute Gasteiger partial charge is 0.224 e. The van der Waals surface area contributed by atoms with Gasteiger partial charge in [-0.15, -0.1) is 0 Å². The van der Waals surface area contributed by atoms with Crippen LogP contribution < -0.4 is 10.6 Å². The standard InChI is InChI=1S/C17H25N3O/c1-3-17(21)18-14-5-4-12(2)15(10-14)19-16-11-20-8-6-13(16)7-9-20/h4-5,10,13,16,19H,3,6-9,11H2,1-2H3,(H,18,21). The molecular formula is C17H25N3O. The number of piperidine rings is 3. The van der Waals surface area contributed by atoms with Gasteiger partial charge in [-0.2, -0.15) is 0 Å². The number of nitrogens with one attached hydrogen (secondary N) is 2. The van der Waals surface area contributed by atoms with Gasteiger partial charge in [-0.1, -0.05) is 13.0 Å². The lowest BCUT2D eigenvalue weighted by molar-refractivity contribution is -0.115. The van der Waals surface area contributed by atoms with E-state index in [2.05, 4.69) is 34.6 Å². The van der Waals surface area contributed by atoms with Crippen LogP contribution in [0.4, 0.5) is 11.4 Å². The topological polar surface area (TPSA) is 44.4 Å². The first-order chi connectivity index (χ1) is 10.2. The summed E-state index contributed by atoms with van der Waals surface area (Å²) in [7, 11) is 0. The maximum Gasteiger partial charge on any atom is 0.224 e. The number of amides is 1. The third kappa shape index (κ3) is 3.21. The monoisotopic (exact) mass is 287 g/mol. The Bertz CT molecular complexity index is 521. The number of hydrogen-bond acceptors (Lipinski definition) is 3. The third-order valence-corrected chi connectivity index (χ3v) is 4.84. The second-order valence-electron chi connectivity index (χ2n) is 6.32. The van der Waals surface area contributed by atoms with Crippen molar-refractivity contribution in [1.29, 1.82) is 0 Å². The summed E-state index contributed by atoms with van der Waals surface area (Å²) in [5.41, 5.74) is 3.28. The van der Waals surface area contributed by atoms with Crippen molar-refractivity contribution >= 4 is 17.3 Å². The molecule has 0 saturated carbocycles. The van der Waals surface area contributed by atoms with E-state index < -0.39 is 0 Å². The highest BCUT2D eigenvalue weighted by molar-refractivity contribution is 5.91. The Morgan fingerprint density at radius 3 is 2.71 bits per heavy atom. The number of carbonyl (C=O) groups excluding carboxylic acids is 1. The highest BCUT2D eigenvalue weighted by atomic mass is 16.1. The van der Waals surface area contributed by atoms with E-state index in [1.807, 2.05) is 13.0 Å². The molecule has 1 unspecified atom stereocenters. The zero-order valence-corrected chi connectivity index (χ0v) is 13.0. The lowest BCUT2D eigenvalue weighted by Crippen LogP contribution is -2.53. The van der Waals surface area contributed by atoms with Crippen molar-refractivity contribution in [2.45, 2.75) is 39.2 Å². The minimum absolute atomic E-state index is 0.0626. The number of rotatable bonds is 4. The predicted molar refractivity (Wildman–Crippen MR) is 86.7 cm³/mol. The van der Waals surface area contributed by atoms with E-state index in [1.165, 1.54) is 31.5 Å². The van der Waals surface area contributed by atoms with Crippen LogP contribution in [-0.2, 0) is 4.79 Å². The summed E-state index contributed by atoms with van der Waals surface area (Å²) in [4.78, 5) is 14.1. The van der Waals surface area contributed by atoms with E-state index in [1.54, 1.807) is 0 Å². The molecule has 2 N–H and O–H groups in total. The molecule has 3 aliphatic rings. The van der Waals surface area contributed by atoms with Crippen molar-refractivity contribution in [3.05, 3.63) is 23.8 Å². The van der Waals surface area contributed by atoms with E-state index >= 15 is 0 Å². The molecule has 4 nitrogen and oxygen atoms in total. The van der Waals surface area contributed by atoms with Crippen LogP contribution in [0.3, 0.4) is 0 Å². The molecule has 0 aromatic heterocycles. The van der Waals surface area contributed by atoms with Gasteiger partial charge in [0.1, 0.15) is 0 Å². The summed E-state index contributed by atoms with van der Waals surface area (Å²) in [5, 5.41) is 6.66. The fourth-order valence-electron chi connectivity index (χ4n) is 3.43. The summed E-state index contributed by atoms with van der Waals surface area (Å²) in [5.74, 6) is 0.857. The van der Waals surface area contributed by atoms with Gasteiger partial charge in [0.15, 0.2) is 0 Å². The molecule has 114 valence electrons. The normalized spacial score (nSPS) is 27.4. The Morgan fingerprint density at radius 2 is 2.10 bits per heavy atom. The zero-order chi connectivity index (χ0) is 14.8. The number of benzene rings is 1. The Labute approximate surface area is 126 Å². The molecule has 1 amide bonds. The quantitative estimate of drug-likeness (QED) is 0.895. The van der Waals surface area contributed by atoms with E-state index in [9.17, 15) is 4.79 Å². The zero-order valence-electron chi connectivity index (χ0n) is 13.0. The molecule has 2 bridgehead atoms. The number of hydrogen-bond donors (Lipinski definition) is 2. The van der Waals surface area contributed by atoms with Crippen LogP contribution in [0.2, 0.25) is 0 Å². The second kappa shape index (κ2) is 6.06. The van der Waals surface area contributed by atoms with Gasteiger partial charge in [-0.05, 0) is 56.5 Å². The molecular weight excluding hydrogens is 262 g/mol. The summed E-state index contributed by atoms with van der Waals surface area (Å²) in [6.07, 6.45) is 3.13. The first kappa shape index (κ1) is 14.4. The molecule has 4 rings (SSSR count). The molecule has 1 aromatic rings. The van der Waals surface area contributed by atoms with Gasteiger partial charge in [0.2, 0.25) is 5.91 Å². The van der Waals surface area contributed by atoms with Crippen LogP contribution in [0, 0.1) is 12.8 Å². The average molecular weight is 287 g/mol. The fourth-order valence-corrected chi connectivity index (χ4v) is 3.43. The van der Waals surface area contributed by atoms with Crippen LogP contribution in [0.15, 0.2) is 18.2 Å². The van der Waals surface area contributed by atoms with Crippen molar-refractivity contribution < 1.29 is 4.79 Å². The molecule has 3 saturated heterocycles. The van der Waals surface area contributed by atoms with Crippen molar-refractivity contribution in [3.63, 3.8) is 0 Å². The highest BCUT2D eigenvalue weighted by Crippen LogP contribution is 2.31. The van der Waals surface area contributed by atoms with E-state index in [4.69, 9.17) is 0 Å². The first-order valence-corrected chi connectivity index (χ1v) is 8.05. The molecule has 3 fully saturated rings. The Hall–Kier alpha value is -1.55. The van der Waals surface area contributed by atoms with Crippen molar-refractivity contribution in [2.75, 3.05) is 30.3 Å². The molecule has 21 heavy (non-hydrogen) atoms. The van der Waals surface area contributed by atoms with Crippen molar-refractivity contribution in [1.82, 2.24) is 4.90 Å². The number of carbonyl (C=O) groups is 1. The van der Waals surface area contributed by atoms with Gasteiger partial charge >= 0.3 is 0 Å². The number of nitrogens with zero attached hydrogens (tertiary/aromatic N) is 1. The van der Waals surface area contributed by atoms with Gasteiger partial charge in [0.25, 0.3) is 0 Å².